The number of ether oxygens (including phenoxy) is 1. The van der Waals surface area contributed by atoms with Gasteiger partial charge in [0.15, 0.2) is 0 Å². The summed E-state index contributed by atoms with van der Waals surface area (Å²) in [5.74, 6) is 0.730. The molecule has 4 rings (SSSR count). The van der Waals surface area contributed by atoms with Crippen LogP contribution in [0.3, 0.4) is 0 Å². The molecule has 0 aliphatic carbocycles. The van der Waals surface area contributed by atoms with E-state index < -0.39 is 5.25 Å². The van der Waals surface area contributed by atoms with Crippen molar-refractivity contribution in [3.05, 3.63) is 70.6 Å². The van der Waals surface area contributed by atoms with E-state index in [0.29, 0.717) is 17.3 Å². The zero-order valence-corrected chi connectivity index (χ0v) is 19.4. The first-order valence-corrected chi connectivity index (χ1v) is 11.1. The highest BCUT2D eigenvalue weighted by Crippen LogP contribution is 2.28. The predicted molar refractivity (Wildman–Crippen MR) is 126 cm³/mol. The fraction of sp³-hybridized carbons (Fsp3) is 0.217. The van der Waals surface area contributed by atoms with Crippen LogP contribution in [0.5, 0.6) is 5.75 Å². The average molecular weight is 466 g/mol. The van der Waals surface area contributed by atoms with Gasteiger partial charge in [0.25, 0.3) is 10.8 Å². The molecule has 1 amide bonds. The van der Waals surface area contributed by atoms with E-state index in [4.69, 9.17) is 9.15 Å². The highest BCUT2D eigenvalue weighted by atomic mass is 32.2. The van der Waals surface area contributed by atoms with E-state index in [-0.39, 0.29) is 22.4 Å². The first kappa shape index (κ1) is 22.4. The number of amides is 1. The lowest BCUT2D eigenvalue weighted by molar-refractivity contribution is -0.115. The minimum atomic E-state index is -0.571. The predicted octanol–water partition coefficient (Wildman–Crippen LogP) is 3.66. The van der Waals surface area contributed by atoms with Gasteiger partial charge in [-0.05, 0) is 50.2 Å². The third-order valence-electron chi connectivity index (χ3n) is 5.19. The number of benzene rings is 2. The van der Waals surface area contributed by atoms with Crippen LogP contribution in [0.4, 0.5) is 5.69 Å². The molecule has 2 heterocycles. The number of carbonyl (C=O) groups excluding carboxylic acids is 1. The molecule has 0 spiro atoms. The van der Waals surface area contributed by atoms with Gasteiger partial charge in [0.1, 0.15) is 11.4 Å². The van der Waals surface area contributed by atoms with Crippen molar-refractivity contribution in [2.75, 3.05) is 12.4 Å². The number of anilines is 1. The van der Waals surface area contributed by atoms with Crippen LogP contribution in [0.2, 0.25) is 0 Å². The lowest BCUT2D eigenvalue weighted by Crippen LogP contribution is -2.27. The van der Waals surface area contributed by atoms with Gasteiger partial charge in [-0.3, -0.25) is 14.3 Å². The van der Waals surface area contributed by atoms with Crippen molar-refractivity contribution in [2.45, 2.75) is 24.3 Å². The monoisotopic (exact) mass is 465 g/mol. The Kier molecular flexibility index (Phi) is 6.36. The Labute approximate surface area is 194 Å². The van der Waals surface area contributed by atoms with Crippen molar-refractivity contribution in [3.63, 3.8) is 0 Å². The lowest BCUT2D eigenvalue weighted by Gasteiger charge is -2.09. The first-order valence-electron chi connectivity index (χ1n) is 10.2. The van der Waals surface area contributed by atoms with Crippen LogP contribution in [0, 0.1) is 6.92 Å². The number of aromatic nitrogens is 4. The fourth-order valence-corrected chi connectivity index (χ4v) is 3.93. The Hall–Kier alpha value is -3.79. The van der Waals surface area contributed by atoms with Crippen LogP contribution < -0.4 is 15.6 Å². The van der Waals surface area contributed by atoms with E-state index in [1.165, 1.54) is 4.68 Å². The maximum Gasteiger partial charge on any atom is 0.295 e. The molecule has 10 heteroatoms. The Balaban J connectivity index is 1.48. The summed E-state index contributed by atoms with van der Waals surface area (Å²) in [5, 5.41) is 10.5. The molecule has 1 atom stereocenters. The van der Waals surface area contributed by atoms with E-state index in [9.17, 15) is 9.59 Å². The minimum Gasteiger partial charge on any atom is -0.497 e. The van der Waals surface area contributed by atoms with E-state index >= 15 is 0 Å². The summed E-state index contributed by atoms with van der Waals surface area (Å²) in [4.78, 5) is 25.8. The van der Waals surface area contributed by atoms with Gasteiger partial charge in [-0.15, -0.1) is 10.2 Å². The van der Waals surface area contributed by atoms with Crippen LogP contribution in [0.25, 0.3) is 17.1 Å². The molecule has 0 saturated carbocycles. The SMILES string of the molecule is COc1ccc(-c2nnc(S[C@@H](C)C(=O)Nc3c(C)n(C)n(-c4ccccc4)c3=O)o2)cc1. The molecule has 0 saturated heterocycles. The Morgan fingerprint density at radius 2 is 1.82 bits per heavy atom. The smallest absolute Gasteiger partial charge is 0.295 e. The van der Waals surface area contributed by atoms with Crippen molar-refractivity contribution in [1.82, 2.24) is 19.6 Å². The van der Waals surface area contributed by atoms with Crippen molar-refractivity contribution in [1.29, 1.82) is 0 Å². The van der Waals surface area contributed by atoms with Gasteiger partial charge >= 0.3 is 0 Å². The van der Waals surface area contributed by atoms with Crippen molar-refractivity contribution in [2.24, 2.45) is 7.05 Å². The second kappa shape index (κ2) is 9.37. The molecule has 9 nitrogen and oxygen atoms in total. The van der Waals surface area contributed by atoms with Crippen molar-refractivity contribution in [3.8, 4) is 22.9 Å². The number of methoxy groups -OCH3 is 1. The van der Waals surface area contributed by atoms with Crippen LogP contribution in [-0.4, -0.2) is 37.8 Å². The van der Waals surface area contributed by atoms with Crippen molar-refractivity contribution < 1.29 is 13.9 Å². The van der Waals surface area contributed by atoms with Gasteiger partial charge in [-0.2, -0.15) is 0 Å². The third-order valence-corrected chi connectivity index (χ3v) is 6.13. The van der Waals surface area contributed by atoms with Gasteiger partial charge < -0.3 is 14.5 Å². The molecule has 2 aromatic carbocycles. The maximum atomic E-state index is 13.0. The Morgan fingerprint density at radius 3 is 2.48 bits per heavy atom. The quantitative estimate of drug-likeness (QED) is 0.415. The maximum absolute atomic E-state index is 13.0. The number of rotatable bonds is 7. The fourth-order valence-electron chi connectivity index (χ4n) is 3.25. The highest BCUT2D eigenvalue weighted by Gasteiger charge is 2.23. The summed E-state index contributed by atoms with van der Waals surface area (Å²) in [6.45, 7) is 3.50. The Bertz CT molecular complexity index is 1330. The molecule has 1 N–H and O–H groups in total. The van der Waals surface area contributed by atoms with E-state index in [1.54, 1.807) is 44.8 Å². The molecule has 2 aromatic heterocycles. The highest BCUT2D eigenvalue weighted by molar-refractivity contribution is 8.00. The summed E-state index contributed by atoms with van der Waals surface area (Å²) in [6, 6.07) is 16.5. The number of hydrogen-bond donors (Lipinski definition) is 1. The normalized spacial score (nSPS) is 11.9. The zero-order valence-electron chi connectivity index (χ0n) is 18.6. The Morgan fingerprint density at radius 1 is 1.12 bits per heavy atom. The summed E-state index contributed by atoms with van der Waals surface area (Å²) >= 11 is 1.12. The molecular weight excluding hydrogens is 442 g/mol. The van der Waals surface area contributed by atoms with Crippen molar-refractivity contribution >= 4 is 23.4 Å². The summed E-state index contributed by atoms with van der Waals surface area (Å²) in [6.07, 6.45) is 0. The standard InChI is InChI=1S/C23H23N5O4S/c1-14-19(22(30)28(27(14)3)17-8-6-5-7-9-17)24-20(29)15(2)33-23-26-25-21(32-23)16-10-12-18(31-4)13-11-16/h5-13,15H,1-4H3,(H,24,29)/t15-/m0/s1. The summed E-state index contributed by atoms with van der Waals surface area (Å²) < 4.78 is 14.1. The van der Waals surface area contributed by atoms with E-state index in [0.717, 1.165) is 23.1 Å². The molecule has 0 bridgehead atoms. The van der Waals surface area contributed by atoms with Crippen LogP contribution in [0.1, 0.15) is 12.6 Å². The van der Waals surface area contributed by atoms with Gasteiger partial charge in [-0.1, -0.05) is 30.0 Å². The first-order chi connectivity index (χ1) is 15.9. The molecular formula is C23H23N5O4S. The molecule has 0 aliphatic rings. The van der Waals surface area contributed by atoms with Gasteiger partial charge in [-0.25, -0.2) is 4.68 Å². The molecule has 4 aromatic rings. The lowest BCUT2D eigenvalue weighted by atomic mass is 10.2. The van der Waals surface area contributed by atoms with Crippen LogP contribution in [-0.2, 0) is 11.8 Å². The molecule has 170 valence electrons. The average Bonchev–Trinajstić information content (AvgIpc) is 3.38. The number of nitrogens with zero attached hydrogens (tertiary/aromatic N) is 4. The van der Waals surface area contributed by atoms with Crippen LogP contribution in [0.15, 0.2) is 69.0 Å². The number of para-hydroxylation sites is 1. The summed E-state index contributed by atoms with van der Waals surface area (Å²) in [5.41, 5.74) is 2.05. The molecule has 0 fully saturated rings. The number of carbonyl (C=O) groups is 1. The third kappa shape index (κ3) is 4.56. The van der Waals surface area contributed by atoms with E-state index in [2.05, 4.69) is 15.5 Å². The number of hydrogen-bond acceptors (Lipinski definition) is 7. The zero-order chi connectivity index (χ0) is 23.5. The molecule has 33 heavy (non-hydrogen) atoms. The second-order valence-corrected chi connectivity index (χ2v) is 8.58. The second-order valence-electron chi connectivity index (χ2n) is 7.29. The van der Waals surface area contributed by atoms with Gasteiger partial charge in [0, 0.05) is 12.6 Å². The van der Waals surface area contributed by atoms with Gasteiger partial charge in [0.2, 0.25) is 11.8 Å². The van der Waals surface area contributed by atoms with E-state index in [1.807, 2.05) is 42.5 Å². The van der Waals surface area contributed by atoms with Gasteiger partial charge in [0.05, 0.1) is 23.7 Å². The number of thioether (sulfide) groups is 1. The molecule has 0 unspecified atom stereocenters. The topological polar surface area (TPSA) is 104 Å². The largest absolute Gasteiger partial charge is 0.497 e. The minimum absolute atomic E-state index is 0.239. The van der Waals surface area contributed by atoms with Crippen LogP contribution >= 0.6 is 11.8 Å². The molecule has 0 aliphatic heterocycles. The summed E-state index contributed by atoms with van der Waals surface area (Å²) in [7, 11) is 3.37. The molecule has 0 radical (unpaired) electrons. The number of nitrogens with one attached hydrogen (secondary N) is 1.